The molecule has 42 heavy (non-hydrogen) atoms. The minimum atomic E-state index is -4.76. The van der Waals surface area contributed by atoms with Crippen LogP contribution in [0.5, 0.6) is 5.75 Å². The van der Waals surface area contributed by atoms with Crippen molar-refractivity contribution in [2.75, 3.05) is 52.5 Å². The molecule has 7 nitrogen and oxygen atoms in total. The summed E-state index contributed by atoms with van der Waals surface area (Å²) >= 11 is 0. The SMILES string of the molecule is CC(COc1ccccc1C1CNC(=O)CC12CCN(C(=O)[C@](C)(c1ccccc1)C(F)(F)F)CC2)N1CCOCC1. The third-order valence-electron chi connectivity index (χ3n) is 9.59. The van der Waals surface area contributed by atoms with Crippen LogP contribution < -0.4 is 10.1 Å². The third-order valence-corrected chi connectivity index (χ3v) is 9.59. The average Bonchev–Trinajstić information content (AvgIpc) is 3.00. The summed E-state index contributed by atoms with van der Waals surface area (Å²) in [6, 6.07) is 15.4. The number of rotatable bonds is 7. The van der Waals surface area contributed by atoms with Crippen molar-refractivity contribution in [2.45, 2.75) is 56.7 Å². The molecular weight excluding hydrogens is 547 g/mol. The minimum absolute atomic E-state index is 0.0740. The number of morpholine rings is 1. The Morgan fingerprint density at radius 2 is 1.69 bits per heavy atom. The van der Waals surface area contributed by atoms with Crippen molar-refractivity contribution in [2.24, 2.45) is 5.41 Å². The van der Waals surface area contributed by atoms with Gasteiger partial charge >= 0.3 is 6.18 Å². The van der Waals surface area contributed by atoms with Crippen LogP contribution >= 0.6 is 0 Å². The van der Waals surface area contributed by atoms with E-state index in [0.717, 1.165) is 31.3 Å². The number of ether oxygens (including phenoxy) is 2. The van der Waals surface area contributed by atoms with E-state index in [2.05, 4.69) is 17.1 Å². The highest BCUT2D eigenvalue weighted by atomic mass is 19.4. The standard InChI is InChI=1S/C32H40F3N3O4/c1-23(37-16-18-41-19-17-37)22-42-27-11-7-6-10-25(27)26-21-36-28(39)20-31(26)12-14-38(15-13-31)29(40)30(2,32(33,34)35)24-8-4-3-5-9-24/h3-11,23,26H,12-22H2,1-2H3,(H,36,39)/t23?,26?,30-/m0/s1. The third kappa shape index (κ3) is 5.88. The minimum Gasteiger partial charge on any atom is -0.492 e. The normalized spacial score (nSPS) is 23.6. The molecule has 3 aliphatic rings. The Bertz CT molecular complexity index is 1240. The number of likely N-dealkylation sites (tertiary alicyclic amines) is 1. The number of halogens is 3. The molecule has 228 valence electrons. The van der Waals surface area contributed by atoms with Gasteiger partial charge in [0, 0.05) is 51.1 Å². The van der Waals surface area contributed by atoms with E-state index in [1.54, 1.807) is 6.07 Å². The number of nitrogens with one attached hydrogen (secondary N) is 1. The molecule has 3 fully saturated rings. The van der Waals surface area contributed by atoms with Gasteiger partial charge in [-0.3, -0.25) is 14.5 Å². The fraction of sp³-hybridized carbons (Fsp3) is 0.562. The number of carbonyl (C=O) groups excluding carboxylic acids is 2. The van der Waals surface area contributed by atoms with Gasteiger partial charge in [0.1, 0.15) is 12.4 Å². The van der Waals surface area contributed by atoms with Gasteiger partial charge in [-0.2, -0.15) is 13.2 Å². The summed E-state index contributed by atoms with van der Waals surface area (Å²) in [5, 5.41) is 3.00. The van der Waals surface area contributed by atoms with Gasteiger partial charge in [-0.15, -0.1) is 0 Å². The van der Waals surface area contributed by atoms with Crippen molar-refractivity contribution in [3.63, 3.8) is 0 Å². The summed E-state index contributed by atoms with van der Waals surface area (Å²) in [4.78, 5) is 29.9. The zero-order valence-electron chi connectivity index (χ0n) is 24.3. The molecule has 0 bridgehead atoms. The molecule has 3 heterocycles. The Hall–Kier alpha value is -3.11. The molecular formula is C32H40F3N3O4. The molecule has 2 unspecified atom stereocenters. The van der Waals surface area contributed by atoms with E-state index in [9.17, 15) is 22.8 Å². The Labute approximate surface area is 245 Å². The van der Waals surface area contributed by atoms with Crippen molar-refractivity contribution in [1.82, 2.24) is 15.1 Å². The molecule has 10 heteroatoms. The zero-order valence-corrected chi connectivity index (χ0v) is 24.3. The van der Waals surface area contributed by atoms with Gasteiger partial charge in [0.05, 0.1) is 13.2 Å². The topological polar surface area (TPSA) is 71.1 Å². The van der Waals surface area contributed by atoms with Crippen LogP contribution in [0, 0.1) is 5.41 Å². The number of alkyl halides is 3. The fourth-order valence-corrected chi connectivity index (χ4v) is 6.79. The molecule has 2 aromatic carbocycles. The molecule has 0 aliphatic carbocycles. The van der Waals surface area contributed by atoms with Crippen LogP contribution in [0.4, 0.5) is 13.2 Å². The number of piperidine rings is 2. The summed E-state index contributed by atoms with van der Waals surface area (Å²) in [6.07, 6.45) is -3.65. The zero-order chi connectivity index (χ0) is 30.0. The van der Waals surface area contributed by atoms with E-state index in [1.807, 2.05) is 24.3 Å². The van der Waals surface area contributed by atoms with Gasteiger partial charge in [-0.25, -0.2) is 0 Å². The first kappa shape index (κ1) is 30.4. The predicted octanol–water partition coefficient (Wildman–Crippen LogP) is 4.52. The highest BCUT2D eigenvalue weighted by molar-refractivity contribution is 5.89. The maximum absolute atomic E-state index is 14.4. The lowest BCUT2D eigenvalue weighted by Crippen LogP contribution is -2.58. The van der Waals surface area contributed by atoms with Crippen molar-refractivity contribution >= 4 is 11.8 Å². The first-order chi connectivity index (χ1) is 20.0. The molecule has 2 aromatic rings. The van der Waals surface area contributed by atoms with E-state index in [0.29, 0.717) is 39.2 Å². The van der Waals surface area contributed by atoms with E-state index in [4.69, 9.17) is 9.47 Å². The number of amides is 2. The van der Waals surface area contributed by atoms with Crippen molar-refractivity contribution in [3.8, 4) is 5.75 Å². The number of carbonyl (C=O) groups is 2. The van der Waals surface area contributed by atoms with E-state index in [-0.39, 0.29) is 42.9 Å². The van der Waals surface area contributed by atoms with Crippen LogP contribution in [0.3, 0.4) is 0 Å². The predicted molar refractivity (Wildman–Crippen MR) is 152 cm³/mol. The molecule has 2 amide bonds. The Balaban J connectivity index is 1.34. The molecule has 1 spiro atoms. The van der Waals surface area contributed by atoms with Crippen molar-refractivity contribution in [3.05, 3.63) is 65.7 Å². The maximum Gasteiger partial charge on any atom is 0.406 e. The number of hydrogen-bond acceptors (Lipinski definition) is 5. The van der Waals surface area contributed by atoms with Gasteiger partial charge in [-0.1, -0.05) is 48.5 Å². The summed E-state index contributed by atoms with van der Waals surface area (Å²) < 4.78 is 55.2. The second-order valence-corrected chi connectivity index (χ2v) is 12.0. The van der Waals surface area contributed by atoms with Gasteiger partial charge in [-0.05, 0) is 49.3 Å². The Morgan fingerprint density at radius 1 is 1.05 bits per heavy atom. The lowest BCUT2D eigenvalue weighted by molar-refractivity contribution is -0.198. The summed E-state index contributed by atoms with van der Waals surface area (Å²) in [7, 11) is 0. The second-order valence-electron chi connectivity index (χ2n) is 12.0. The van der Waals surface area contributed by atoms with Gasteiger partial charge in [0.25, 0.3) is 0 Å². The van der Waals surface area contributed by atoms with E-state index < -0.39 is 22.9 Å². The van der Waals surface area contributed by atoms with Crippen LogP contribution in [0.15, 0.2) is 54.6 Å². The van der Waals surface area contributed by atoms with Crippen LogP contribution in [-0.4, -0.2) is 86.4 Å². The highest BCUT2D eigenvalue weighted by Crippen LogP contribution is 2.51. The summed E-state index contributed by atoms with van der Waals surface area (Å²) in [5.41, 5.74) is -2.24. The molecule has 5 rings (SSSR count). The molecule has 3 saturated heterocycles. The summed E-state index contributed by atoms with van der Waals surface area (Å²) in [6.45, 7) is 7.45. The van der Waals surface area contributed by atoms with Crippen LogP contribution in [-0.2, 0) is 19.7 Å². The fourth-order valence-electron chi connectivity index (χ4n) is 6.79. The van der Waals surface area contributed by atoms with E-state index >= 15 is 0 Å². The van der Waals surface area contributed by atoms with E-state index in [1.165, 1.54) is 29.2 Å². The Morgan fingerprint density at radius 3 is 2.36 bits per heavy atom. The summed E-state index contributed by atoms with van der Waals surface area (Å²) in [5.74, 6) is -0.362. The lowest BCUT2D eigenvalue weighted by atomic mass is 9.62. The van der Waals surface area contributed by atoms with Crippen LogP contribution in [0.25, 0.3) is 0 Å². The van der Waals surface area contributed by atoms with Crippen LogP contribution in [0.2, 0.25) is 0 Å². The number of nitrogens with zero attached hydrogens (tertiary/aromatic N) is 2. The lowest BCUT2D eigenvalue weighted by Gasteiger charge is -2.50. The molecule has 0 aromatic heterocycles. The number of hydrogen-bond donors (Lipinski definition) is 1. The maximum atomic E-state index is 14.4. The molecule has 1 N–H and O–H groups in total. The highest BCUT2D eigenvalue weighted by Gasteiger charge is 2.60. The quantitative estimate of drug-likeness (QED) is 0.516. The molecule has 3 atom stereocenters. The Kier molecular flexibility index (Phi) is 8.85. The number of benzene rings is 2. The van der Waals surface area contributed by atoms with Gasteiger partial charge < -0.3 is 19.7 Å². The van der Waals surface area contributed by atoms with Crippen molar-refractivity contribution in [1.29, 1.82) is 0 Å². The smallest absolute Gasteiger partial charge is 0.406 e. The molecule has 0 saturated carbocycles. The van der Waals surface area contributed by atoms with Crippen molar-refractivity contribution < 1.29 is 32.2 Å². The monoisotopic (exact) mass is 587 g/mol. The van der Waals surface area contributed by atoms with Crippen LogP contribution in [0.1, 0.15) is 50.2 Å². The first-order valence-corrected chi connectivity index (χ1v) is 14.8. The first-order valence-electron chi connectivity index (χ1n) is 14.8. The molecule has 3 aliphatic heterocycles. The number of para-hydroxylation sites is 1. The van der Waals surface area contributed by atoms with Gasteiger partial charge in [0.15, 0.2) is 5.41 Å². The average molecular weight is 588 g/mol. The van der Waals surface area contributed by atoms with Gasteiger partial charge in [0.2, 0.25) is 11.8 Å². The second kappa shape index (κ2) is 12.2. The largest absolute Gasteiger partial charge is 0.492 e. The molecule has 0 radical (unpaired) electrons.